The number of carbonyl (C=O) groups is 1. The molecular formula is C14H18N2O3S. The summed E-state index contributed by atoms with van der Waals surface area (Å²) in [6, 6.07) is 9.24. The third-order valence-electron chi connectivity index (χ3n) is 3.11. The molecule has 1 aromatic rings. The molecule has 108 valence electrons. The zero-order chi connectivity index (χ0) is 14.4. The largest absolute Gasteiger partial charge is 0.304 e. The predicted octanol–water partition coefficient (Wildman–Crippen LogP) is 1.55. The van der Waals surface area contributed by atoms with E-state index in [0.717, 1.165) is 24.8 Å². The highest BCUT2D eigenvalue weighted by atomic mass is 32.2. The van der Waals surface area contributed by atoms with Gasteiger partial charge in [0, 0.05) is 19.2 Å². The van der Waals surface area contributed by atoms with Gasteiger partial charge in [0.1, 0.15) is 0 Å². The molecule has 1 heterocycles. The van der Waals surface area contributed by atoms with E-state index in [1.807, 2.05) is 30.3 Å². The standard InChI is InChI=1S/C14H18N2O3S/c17-14(10-9-13-7-3-1-4-8-13)15-20(18,19)16-11-5-2-6-12-16/h1,3-4,7-10H,2,5-6,11-12H2,(H,15,17)/b10-9+. The average molecular weight is 294 g/mol. The average Bonchev–Trinajstić information content (AvgIpc) is 2.47. The van der Waals surface area contributed by atoms with Gasteiger partial charge in [-0.3, -0.25) is 4.79 Å². The van der Waals surface area contributed by atoms with E-state index in [1.54, 1.807) is 6.08 Å². The summed E-state index contributed by atoms with van der Waals surface area (Å²) >= 11 is 0. The van der Waals surface area contributed by atoms with Gasteiger partial charge in [-0.15, -0.1) is 0 Å². The molecule has 20 heavy (non-hydrogen) atoms. The van der Waals surface area contributed by atoms with Crippen LogP contribution in [0.1, 0.15) is 24.8 Å². The zero-order valence-corrected chi connectivity index (χ0v) is 12.0. The van der Waals surface area contributed by atoms with Crippen LogP contribution in [-0.2, 0) is 15.0 Å². The lowest BCUT2D eigenvalue weighted by molar-refractivity contribution is -0.114. The molecule has 0 saturated carbocycles. The molecule has 5 nitrogen and oxygen atoms in total. The lowest BCUT2D eigenvalue weighted by Crippen LogP contribution is -2.45. The second kappa shape index (κ2) is 6.67. The van der Waals surface area contributed by atoms with Gasteiger partial charge < -0.3 is 0 Å². The summed E-state index contributed by atoms with van der Waals surface area (Å²) in [6.07, 6.45) is 5.54. The number of hydrogen-bond donors (Lipinski definition) is 1. The number of piperidine rings is 1. The summed E-state index contributed by atoms with van der Waals surface area (Å²) in [5.41, 5.74) is 0.845. The first kappa shape index (κ1) is 14.7. The van der Waals surface area contributed by atoms with Crippen molar-refractivity contribution in [2.45, 2.75) is 19.3 Å². The van der Waals surface area contributed by atoms with Crippen LogP contribution in [0.3, 0.4) is 0 Å². The molecule has 0 aliphatic carbocycles. The molecule has 2 rings (SSSR count). The minimum Gasteiger partial charge on any atom is -0.269 e. The number of benzene rings is 1. The van der Waals surface area contributed by atoms with Crippen molar-refractivity contribution in [2.75, 3.05) is 13.1 Å². The Balaban J connectivity index is 1.95. The Bertz CT molecular complexity index is 576. The molecule has 1 N–H and O–H groups in total. The highest BCUT2D eigenvalue weighted by Gasteiger charge is 2.24. The number of rotatable bonds is 4. The van der Waals surface area contributed by atoms with Gasteiger partial charge in [-0.1, -0.05) is 36.8 Å². The van der Waals surface area contributed by atoms with Crippen LogP contribution < -0.4 is 4.72 Å². The van der Waals surface area contributed by atoms with E-state index < -0.39 is 16.1 Å². The van der Waals surface area contributed by atoms with Crippen LogP contribution in [0.5, 0.6) is 0 Å². The van der Waals surface area contributed by atoms with Gasteiger partial charge in [-0.25, -0.2) is 4.72 Å². The van der Waals surface area contributed by atoms with Crippen molar-refractivity contribution in [3.63, 3.8) is 0 Å². The van der Waals surface area contributed by atoms with Gasteiger partial charge in [0.25, 0.3) is 5.91 Å². The predicted molar refractivity (Wildman–Crippen MR) is 78.0 cm³/mol. The van der Waals surface area contributed by atoms with E-state index in [0.29, 0.717) is 13.1 Å². The van der Waals surface area contributed by atoms with Gasteiger partial charge in [0.05, 0.1) is 0 Å². The van der Waals surface area contributed by atoms with E-state index in [-0.39, 0.29) is 0 Å². The van der Waals surface area contributed by atoms with Crippen LogP contribution in [0.2, 0.25) is 0 Å². The monoisotopic (exact) mass is 294 g/mol. The number of nitrogens with zero attached hydrogens (tertiary/aromatic N) is 1. The third-order valence-corrected chi connectivity index (χ3v) is 4.62. The molecule has 0 aromatic heterocycles. The van der Waals surface area contributed by atoms with Crippen LogP contribution >= 0.6 is 0 Å². The lowest BCUT2D eigenvalue weighted by Gasteiger charge is -2.25. The van der Waals surface area contributed by atoms with Gasteiger partial charge in [-0.05, 0) is 24.5 Å². The molecule has 1 aromatic carbocycles. The number of hydrogen-bond acceptors (Lipinski definition) is 3. The Hall–Kier alpha value is -1.66. The fraction of sp³-hybridized carbons (Fsp3) is 0.357. The molecule has 0 unspecified atom stereocenters. The first-order valence-electron chi connectivity index (χ1n) is 6.63. The maximum absolute atomic E-state index is 12.0. The zero-order valence-electron chi connectivity index (χ0n) is 11.2. The third kappa shape index (κ3) is 4.18. The molecule has 0 spiro atoms. The van der Waals surface area contributed by atoms with Crippen LogP contribution in [0.25, 0.3) is 6.08 Å². The van der Waals surface area contributed by atoms with Gasteiger partial charge in [0.2, 0.25) is 0 Å². The highest BCUT2D eigenvalue weighted by molar-refractivity contribution is 7.87. The molecular weight excluding hydrogens is 276 g/mol. The molecule has 1 amide bonds. The van der Waals surface area contributed by atoms with Gasteiger partial charge >= 0.3 is 10.2 Å². The number of nitrogens with one attached hydrogen (secondary N) is 1. The quantitative estimate of drug-likeness (QED) is 0.857. The van der Waals surface area contributed by atoms with E-state index in [1.165, 1.54) is 10.4 Å². The van der Waals surface area contributed by atoms with E-state index >= 15 is 0 Å². The first-order chi connectivity index (χ1) is 9.58. The first-order valence-corrected chi connectivity index (χ1v) is 8.07. The van der Waals surface area contributed by atoms with E-state index in [4.69, 9.17) is 0 Å². The van der Waals surface area contributed by atoms with Crippen molar-refractivity contribution in [2.24, 2.45) is 0 Å². The highest BCUT2D eigenvalue weighted by Crippen LogP contribution is 2.11. The summed E-state index contributed by atoms with van der Waals surface area (Å²) in [4.78, 5) is 11.7. The van der Waals surface area contributed by atoms with Crippen molar-refractivity contribution in [3.05, 3.63) is 42.0 Å². The van der Waals surface area contributed by atoms with E-state index in [2.05, 4.69) is 4.72 Å². The number of amides is 1. The summed E-state index contributed by atoms with van der Waals surface area (Å²) in [5, 5.41) is 0. The van der Waals surface area contributed by atoms with Crippen molar-refractivity contribution < 1.29 is 13.2 Å². The molecule has 1 saturated heterocycles. The summed E-state index contributed by atoms with van der Waals surface area (Å²) in [6.45, 7) is 0.954. The van der Waals surface area contributed by atoms with Crippen LogP contribution in [0, 0.1) is 0 Å². The second-order valence-electron chi connectivity index (χ2n) is 4.68. The van der Waals surface area contributed by atoms with Crippen molar-refractivity contribution in [3.8, 4) is 0 Å². The Morgan fingerprint density at radius 3 is 2.40 bits per heavy atom. The Morgan fingerprint density at radius 2 is 1.75 bits per heavy atom. The summed E-state index contributed by atoms with van der Waals surface area (Å²) in [7, 11) is -3.70. The molecule has 6 heteroatoms. The van der Waals surface area contributed by atoms with Gasteiger partial charge in [0.15, 0.2) is 0 Å². The molecule has 1 aliphatic heterocycles. The van der Waals surface area contributed by atoms with Crippen LogP contribution in [0.15, 0.2) is 36.4 Å². The summed E-state index contributed by atoms with van der Waals surface area (Å²) in [5.74, 6) is -0.626. The normalized spacial score (nSPS) is 17.2. The minimum atomic E-state index is -3.70. The summed E-state index contributed by atoms with van der Waals surface area (Å²) < 4.78 is 27.3. The molecule has 1 aliphatic rings. The molecule has 0 atom stereocenters. The Kier molecular flexibility index (Phi) is 4.92. The van der Waals surface area contributed by atoms with Crippen molar-refractivity contribution in [1.29, 1.82) is 0 Å². The smallest absolute Gasteiger partial charge is 0.269 e. The van der Waals surface area contributed by atoms with Gasteiger partial charge in [-0.2, -0.15) is 12.7 Å². The Labute approximate surface area is 119 Å². The van der Waals surface area contributed by atoms with Crippen molar-refractivity contribution in [1.82, 2.24) is 9.03 Å². The fourth-order valence-corrected chi connectivity index (χ4v) is 3.26. The van der Waals surface area contributed by atoms with Crippen LogP contribution in [0.4, 0.5) is 0 Å². The lowest BCUT2D eigenvalue weighted by atomic mass is 10.2. The molecule has 0 bridgehead atoms. The maximum Gasteiger partial charge on any atom is 0.304 e. The SMILES string of the molecule is O=C(/C=C/c1ccccc1)NS(=O)(=O)N1CCCCC1. The minimum absolute atomic E-state index is 0.477. The topological polar surface area (TPSA) is 66.5 Å². The van der Waals surface area contributed by atoms with Crippen molar-refractivity contribution >= 4 is 22.2 Å². The molecule has 0 radical (unpaired) electrons. The number of carbonyl (C=O) groups excluding carboxylic acids is 1. The molecule has 1 fully saturated rings. The fourth-order valence-electron chi connectivity index (χ4n) is 2.07. The van der Waals surface area contributed by atoms with Crippen LogP contribution in [-0.4, -0.2) is 31.7 Å². The maximum atomic E-state index is 12.0. The Morgan fingerprint density at radius 1 is 1.10 bits per heavy atom. The van der Waals surface area contributed by atoms with E-state index in [9.17, 15) is 13.2 Å². The second-order valence-corrected chi connectivity index (χ2v) is 6.35.